The first kappa shape index (κ1) is 15.3. The van der Waals surface area contributed by atoms with E-state index >= 15 is 0 Å². The summed E-state index contributed by atoms with van der Waals surface area (Å²) in [5.41, 5.74) is 5.74. The Kier molecular flexibility index (Phi) is 5.03. The average molecular weight is 289 g/mol. The van der Waals surface area contributed by atoms with Crippen molar-refractivity contribution in [1.29, 1.82) is 0 Å². The summed E-state index contributed by atoms with van der Waals surface area (Å²) in [6.45, 7) is 5.66. The molecule has 102 valence electrons. The van der Waals surface area contributed by atoms with Gasteiger partial charge in [-0.05, 0) is 25.0 Å². The molecule has 18 heavy (non-hydrogen) atoms. The van der Waals surface area contributed by atoms with Crippen molar-refractivity contribution in [3.63, 3.8) is 0 Å². The van der Waals surface area contributed by atoms with E-state index in [2.05, 4.69) is 4.36 Å². The summed E-state index contributed by atoms with van der Waals surface area (Å²) in [5.74, 6) is -0.607. The summed E-state index contributed by atoms with van der Waals surface area (Å²) >= 11 is 1.28. The van der Waals surface area contributed by atoms with E-state index in [1.807, 2.05) is 20.8 Å². The maximum absolute atomic E-state index is 12.2. The maximum Gasteiger partial charge on any atom is 0.272 e. The van der Waals surface area contributed by atoms with E-state index in [1.54, 1.807) is 12.1 Å². The van der Waals surface area contributed by atoms with Gasteiger partial charge in [0.15, 0.2) is 9.92 Å². The third-order valence-corrected chi connectivity index (χ3v) is 5.70. The zero-order chi connectivity index (χ0) is 13.9. The van der Waals surface area contributed by atoms with Gasteiger partial charge < -0.3 is 5.73 Å². The zero-order valence-corrected chi connectivity index (χ0v) is 12.4. The fourth-order valence-corrected chi connectivity index (χ4v) is 3.62. The Bertz CT molecular complexity index is 544. The molecule has 0 radical (unpaired) electrons. The van der Waals surface area contributed by atoms with Crippen molar-refractivity contribution in [2.75, 3.05) is 0 Å². The lowest BCUT2D eigenvalue weighted by atomic mass is 10.00. The average Bonchev–Trinajstić information content (AvgIpc) is 2.74. The number of rotatable bonds is 4. The van der Waals surface area contributed by atoms with Crippen LogP contribution in [0.4, 0.5) is 0 Å². The minimum Gasteiger partial charge on any atom is -0.320 e. The first-order valence-corrected chi connectivity index (χ1v) is 8.08. The highest BCUT2D eigenvalue weighted by atomic mass is 32.2. The van der Waals surface area contributed by atoms with E-state index in [4.69, 9.17) is 10.9 Å². The summed E-state index contributed by atoms with van der Waals surface area (Å²) in [7, 11) is -3.16. The lowest BCUT2D eigenvalue weighted by molar-refractivity contribution is -0.119. The van der Waals surface area contributed by atoms with Crippen LogP contribution in [-0.4, -0.2) is 16.2 Å². The number of nitrogens with zero attached hydrogens (tertiary/aromatic N) is 1. The molecule has 0 saturated heterocycles. The summed E-state index contributed by atoms with van der Waals surface area (Å²) in [5, 5.41) is 5.63. The number of thiophene rings is 1. The van der Waals surface area contributed by atoms with Crippen molar-refractivity contribution < 1.29 is 9.00 Å². The van der Waals surface area contributed by atoms with E-state index in [1.165, 1.54) is 11.3 Å². The number of hydrogen-bond donors (Lipinski definition) is 2. The van der Waals surface area contributed by atoms with Gasteiger partial charge in [-0.25, -0.2) is 9.35 Å². The van der Waals surface area contributed by atoms with E-state index in [-0.39, 0.29) is 5.92 Å². The Hall–Kier alpha value is -0.760. The molecule has 0 aliphatic heterocycles. The Labute approximate surface area is 112 Å². The van der Waals surface area contributed by atoms with E-state index in [9.17, 15) is 9.00 Å². The van der Waals surface area contributed by atoms with E-state index in [0.29, 0.717) is 4.21 Å². The Morgan fingerprint density at radius 3 is 2.61 bits per heavy atom. The molecule has 0 spiro atoms. The molecule has 1 rings (SSSR count). The quantitative estimate of drug-likeness (QED) is 0.881. The number of hydrogen-bond acceptors (Lipinski definition) is 4. The monoisotopic (exact) mass is 289 g/mol. The molecule has 0 aromatic carbocycles. The van der Waals surface area contributed by atoms with Crippen LogP contribution in [0.5, 0.6) is 0 Å². The number of amides is 1. The van der Waals surface area contributed by atoms with Crippen molar-refractivity contribution in [2.24, 2.45) is 21.2 Å². The SMILES string of the molecule is CC[C@H](C)[C@H](N)C(=O)N=S(N)(=O)c1ccc(C)s1. The third-order valence-electron chi connectivity index (χ3n) is 2.77. The number of carbonyl (C=O) groups is 1. The molecular weight excluding hydrogens is 270 g/mol. The molecule has 0 saturated carbocycles. The third kappa shape index (κ3) is 3.61. The second kappa shape index (κ2) is 5.92. The van der Waals surface area contributed by atoms with Crippen molar-refractivity contribution >= 4 is 27.2 Å². The van der Waals surface area contributed by atoms with Crippen LogP contribution < -0.4 is 10.9 Å². The molecule has 0 aliphatic carbocycles. The number of nitrogens with two attached hydrogens (primary N) is 2. The standard InChI is InChI=1S/C11H19N3O2S2/c1-4-7(2)10(12)11(15)14-18(13,16)9-6-5-8(3)17-9/h5-7,10H,4,12H2,1-3H3,(H2,13,14,15,16)/t7-,10-,18?/m0/s1. The molecule has 3 atom stereocenters. The Morgan fingerprint density at radius 2 is 2.17 bits per heavy atom. The molecule has 1 heterocycles. The minimum absolute atomic E-state index is 0.0125. The largest absolute Gasteiger partial charge is 0.320 e. The van der Waals surface area contributed by atoms with Gasteiger partial charge in [-0.15, -0.1) is 15.7 Å². The highest BCUT2D eigenvalue weighted by Crippen LogP contribution is 2.21. The molecule has 7 heteroatoms. The Morgan fingerprint density at radius 1 is 1.56 bits per heavy atom. The van der Waals surface area contributed by atoms with Gasteiger partial charge in [0, 0.05) is 4.88 Å². The van der Waals surface area contributed by atoms with Crippen LogP contribution in [0.3, 0.4) is 0 Å². The van der Waals surface area contributed by atoms with Crippen molar-refractivity contribution in [3.05, 3.63) is 17.0 Å². The van der Waals surface area contributed by atoms with Crippen LogP contribution in [-0.2, 0) is 14.7 Å². The van der Waals surface area contributed by atoms with Gasteiger partial charge in [-0.1, -0.05) is 20.3 Å². The van der Waals surface area contributed by atoms with Crippen LogP contribution in [0.2, 0.25) is 0 Å². The van der Waals surface area contributed by atoms with Gasteiger partial charge in [0.2, 0.25) is 0 Å². The van der Waals surface area contributed by atoms with Crippen LogP contribution in [0.15, 0.2) is 20.7 Å². The molecule has 0 aliphatic rings. The van der Waals surface area contributed by atoms with Gasteiger partial charge in [-0.3, -0.25) is 4.79 Å². The topological polar surface area (TPSA) is 98.5 Å². The zero-order valence-electron chi connectivity index (χ0n) is 10.8. The van der Waals surface area contributed by atoms with Crippen LogP contribution >= 0.6 is 11.3 Å². The first-order chi connectivity index (χ1) is 8.27. The first-order valence-electron chi connectivity index (χ1n) is 5.68. The maximum atomic E-state index is 12.2. The predicted octanol–water partition coefficient (Wildman–Crippen LogP) is 1.66. The lowest BCUT2D eigenvalue weighted by Gasteiger charge is -2.14. The molecule has 5 nitrogen and oxygen atoms in total. The molecule has 1 aromatic rings. The molecular formula is C11H19N3O2S2. The molecule has 1 amide bonds. The van der Waals surface area contributed by atoms with Crippen LogP contribution in [0.1, 0.15) is 25.1 Å². The van der Waals surface area contributed by atoms with Gasteiger partial charge in [0.1, 0.15) is 4.21 Å². The highest BCUT2D eigenvalue weighted by Gasteiger charge is 2.21. The molecule has 4 N–H and O–H groups in total. The van der Waals surface area contributed by atoms with Gasteiger partial charge in [-0.2, -0.15) is 0 Å². The van der Waals surface area contributed by atoms with Crippen molar-refractivity contribution in [3.8, 4) is 0 Å². The number of carbonyl (C=O) groups excluding carboxylic acids is 1. The van der Waals surface area contributed by atoms with E-state index in [0.717, 1.165) is 11.3 Å². The van der Waals surface area contributed by atoms with Gasteiger partial charge in [0.25, 0.3) is 5.91 Å². The van der Waals surface area contributed by atoms with Gasteiger partial charge in [0.05, 0.1) is 6.04 Å². The van der Waals surface area contributed by atoms with Crippen molar-refractivity contribution in [2.45, 2.75) is 37.4 Å². The minimum atomic E-state index is -3.16. The highest BCUT2D eigenvalue weighted by molar-refractivity contribution is 7.93. The fraction of sp³-hybridized carbons (Fsp3) is 0.545. The summed E-state index contributed by atoms with van der Waals surface area (Å²) in [6.07, 6.45) is 0.756. The Balaban J connectivity index is 3.02. The van der Waals surface area contributed by atoms with Crippen LogP contribution in [0.25, 0.3) is 0 Å². The molecule has 0 bridgehead atoms. The molecule has 0 fully saturated rings. The number of aryl methyl sites for hydroxylation is 1. The lowest BCUT2D eigenvalue weighted by Crippen LogP contribution is -2.36. The normalized spacial score (nSPS) is 17.8. The smallest absolute Gasteiger partial charge is 0.272 e. The fourth-order valence-electron chi connectivity index (χ4n) is 1.31. The summed E-state index contributed by atoms with van der Waals surface area (Å²) in [4.78, 5) is 12.8. The second-order valence-corrected chi connectivity index (χ2v) is 7.58. The van der Waals surface area contributed by atoms with E-state index < -0.39 is 21.9 Å². The predicted molar refractivity (Wildman–Crippen MR) is 74.5 cm³/mol. The second-order valence-electron chi connectivity index (χ2n) is 4.27. The van der Waals surface area contributed by atoms with Crippen molar-refractivity contribution in [1.82, 2.24) is 0 Å². The van der Waals surface area contributed by atoms with Gasteiger partial charge >= 0.3 is 0 Å². The molecule has 1 unspecified atom stereocenters. The molecule has 1 aromatic heterocycles. The summed E-state index contributed by atoms with van der Waals surface area (Å²) < 4.78 is 16.2. The van der Waals surface area contributed by atoms with Crippen LogP contribution in [0, 0.1) is 12.8 Å². The summed E-state index contributed by atoms with van der Waals surface area (Å²) in [6, 6.07) is 2.68.